The van der Waals surface area contributed by atoms with Crippen LogP contribution in [0.15, 0.2) is 48.5 Å². The maximum absolute atomic E-state index is 12.0. The highest BCUT2D eigenvalue weighted by molar-refractivity contribution is 6.30. The van der Waals surface area contributed by atoms with Crippen LogP contribution in [0.25, 0.3) is 0 Å². The fourth-order valence-corrected chi connectivity index (χ4v) is 2.55. The third kappa shape index (κ3) is 7.89. The van der Waals surface area contributed by atoms with Crippen molar-refractivity contribution in [2.75, 3.05) is 13.1 Å². The van der Waals surface area contributed by atoms with Gasteiger partial charge < -0.3 is 15.4 Å². The van der Waals surface area contributed by atoms with Crippen LogP contribution in [-0.2, 0) is 16.0 Å². The predicted octanol–water partition coefficient (Wildman–Crippen LogP) is 3.63. The second-order valence-electron chi connectivity index (χ2n) is 5.98. The summed E-state index contributed by atoms with van der Waals surface area (Å²) in [7, 11) is 0. The standard InChI is InChI=1S/C20H22Cl2N2O3/c1-14(27-18-9-7-17(22)8-10-18)20(26)24-13-12-23-19(25)11-4-15-2-5-16(21)6-3-15/h2-3,5-10,14H,4,11-13H2,1H3,(H,23,25)(H,24,26). The molecule has 1 atom stereocenters. The van der Waals surface area contributed by atoms with Gasteiger partial charge in [0.05, 0.1) is 0 Å². The first kappa shape index (κ1) is 21.1. The van der Waals surface area contributed by atoms with Crippen LogP contribution in [0.2, 0.25) is 10.0 Å². The molecule has 27 heavy (non-hydrogen) atoms. The van der Waals surface area contributed by atoms with Gasteiger partial charge in [0, 0.05) is 29.6 Å². The van der Waals surface area contributed by atoms with Crippen molar-refractivity contribution >= 4 is 35.0 Å². The first-order valence-electron chi connectivity index (χ1n) is 8.65. The molecule has 0 saturated heterocycles. The first-order valence-corrected chi connectivity index (χ1v) is 9.40. The van der Waals surface area contributed by atoms with E-state index in [0.29, 0.717) is 41.7 Å². The van der Waals surface area contributed by atoms with Crippen molar-refractivity contribution in [2.24, 2.45) is 0 Å². The fraction of sp³-hybridized carbons (Fsp3) is 0.300. The molecule has 5 nitrogen and oxygen atoms in total. The Labute approximate surface area is 169 Å². The van der Waals surface area contributed by atoms with Gasteiger partial charge in [-0.05, 0) is 55.3 Å². The molecule has 0 aliphatic carbocycles. The van der Waals surface area contributed by atoms with Crippen molar-refractivity contribution < 1.29 is 14.3 Å². The highest BCUT2D eigenvalue weighted by Crippen LogP contribution is 2.16. The van der Waals surface area contributed by atoms with Crippen molar-refractivity contribution in [3.8, 4) is 5.75 Å². The number of hydrogen-bond acceptors (Lipinski definition) is 3. The molecule has 2 aromatic carbocycles. The number of aryl methyl sites for hydroxylation is 1. The Kier molecular flexibility index (Phi) is 8.43. The van der Waals surface area contributed by atoms with Gasteiger partial charge in [0.2, 0.25) is 5.91 Å². The molecule has 0 spiro atoms. The summed E-state index contributed by atoms with van der Waals surface area (Å²) >= 11 is 11.6. The van der Waals surface area contributed by atoms with Crippen LogP contribution in [-0.4, -0.2) is 31.0 Å². The maximum Gasteiger partial charge on any atom is 0.260 e. The first-order chi connectivity index (χ1) is 12.9. The lowest BCUT2D eigenvalue weighted by Gasteiger charge is -2.15. The lowest BCUT2D eigenvalue weighted by Crippen LogP contribution is -2.40. The van der Waals surface area contributed by atoms with E-state index < -0.39 is 6.10 Å². The number of halogens is 2. The summed E-state index contributed by atoms with van der Waals surface area (Å²) < 4.78 is 5.54. The number of hydrogen-bond donors (Lipinski definition) is 2. The number of carbonyl (C=O) groups excluding carboxylic acids is 2. The molecule has 144 valence electrons. The second-order valence-corrected chi connectivity index (χ2v) is 6.85. The molecule has 0 heterocycles. The molecular formula is C20H22Cl2N2O3. The zero-order valence-corrected chi connectivity index (χ0v) is 16.5. The highest BCUT2D eigenvalue weighted by atomic mass is 35.5. The summed E-state index contributed by atoms with van der Waals surface area (Å²) in [6.07, 6.45) is 0.374. The third-order valence-electron chi connectivity index (χ3n) is 3.80. The molecule has 0 radical (unpaired) electrons. The minimum Gasteiger partial charge on any atom is -0.481 e. The molecule has 0 fully saturated rings. The molecule has 2 aromatic rings. The lowest BCUT2D eigenvalue weighted by molar-refractivity contribution is -0.127. The van der Waals surface area contributed by atoms with Gasteiger partial charge >= 0.3 is 0 Å². The summed E-state index contributed by atoms with van der Waals surface area (Å²) in [4.78, 5) is 23.9. The van der Waals surface area contributed by atoms with Gasteiger partial charge in [-0.1, -0.05) is 35.3 Å². The largest absolute Gasteiger partial charge is 0.481 e. The zero-order valence-electron chi connectivity index (χ0n) is 15.0. The number of benzene rings is 2. The van der Waals surface area contributed by atoms with E-state index in [-0.39, 0.29) is 11.8 Å². The summed E-state index contributed by atoms with van der Waals surface area (Å²) in [6, 6.07) is 14.2. The third-order valence-corrected chi connectivity index (χ3v) is 4.30. The predicted molar refractivity (Wildman–Crippen MR) is 107 cm³/mol. The maximum atomic E-state index is 12.0. The van der Waals surface area contributed by atoms with Crippen molar-refractivity contribution in [1.82, 2.24) is 10.6 Å². The monoisotopic (exact) mass is 408 g/mol. The summed E-state index contributed by atoms with van der Waals surface area (Å²) in [5.74, 6) is 0.252. The van der Waals surface area contributed by atoms with E-state index in [1.54, 1.807) is 43.3 Å². The average molecular weight is 409 g/mol. The normalized spacial score (nSPS) is 11.5. The Hall–Kier alpha value is -2.24. The van der Waals surface area contributed by atoms with Crippen LogP contribution in [0.4, 0.5) is 0 Å². The quantitative estimate of drug-likeness (QED) is 0.622. The van der Waals surface area contributed by atoms with E-state index in [1.165, 1.54) is 0 Å². The zero-order chi connectivity index (χ0) is 19.6. The minimum absolute atomic E-state index is 0.0651. The Morgan fingerprint density at radius 1 is 0.926 bits per heavy atom. The molecule has 0 aliphatic rings. The van der Waals surface area contributed by atoms with E-state index in [9.17, 15) is 9.59 Å². The molecule has 0 aromatic heterocycles. The molecule has 2 rings (SSSR count). The topological polar surface area (TPSA) is 67.4 Å². The molecule has 0 aliphatic heterocycles. The van der Waals surface area contributed by atoms with Gasteiger partial charge in [0.25, 0.3) is 5.91 Å². The van der Waals surface area contributed by atoms with E-state index in [2.05, 4.69) is 10.6 Å². The van der Waals surface area contributed by atoms with Gasteiger partial charge in [-0.15, -0.1) is 0 Å². The van der Waals surface area contributed by atoms with E-state index in [4.69, 9.17) is 27.9 Å². The number of ether oxygens (including phenoxy) is 1. The summed E-state index contributed by atoms with van der Waals surface area (Å²) in [5, 5.41) is 6.79. The van der Waals surface area contributed by atoms with Crippen molar-refractivity contribution in [2.45, 2.75) is 25.9 Å². The molecular weight excluding hydrogens is 387 g/mol. The van der Waals surface area contributed by atoms with Crippen LogP contribution >= 0.6 is 23.2 Å². The van der Waals surface area contributed by atoms with Crippen molar-refractivity contribution in [3.63, 3.8) is 0 Å². The number of nitrogens with one attached hydrogen (secondary N) is 2. The van der Waals surface area contributed by atoms with E-state index in [1.807, 2.05) is 12.1 Å². The smallest absolute Gasteiger partial charge is 0.260 e. The van der Waals surface area contributed by atoms with E-state index in [0.717, 1.165) is 5.56 Å². The molecule has 1 unspecified atom stereocenters. The minimum atomic E-state index is -0.646. The number of carbonyl (C=O) groups is 2. The average Bonchev–Trinajstić information content (AvgIpc) is 2.66. The van der Waals surface area contributed by atoms with Crippen LogP contribution < -0.4 is 15.4 Å². The Morgan fingerprint density at radius 3 is 2.11 bits per heavy atom. The van der Waals surface area contributed by atoms with Crippen LogP contribution in [0.5, 0.6) is 5.75 Å². The molecule has 7 heteroatoms. The van der Waals surface area contributed by atoms with Gasteiger partial charge in [-0.3, -0.25) is 9.59 Å². The van der Waals surface area contributed by atoms with Gasteiger partial charge in [0.15, 0.2) is 6.10 Å². The van der Waals surface area contributed by atoms with Crippen LogP contribution in [0.1, 0.15) is 18.9 Å². The highest BCUT2D eigenvalue weighted by Gasteiger charge is 2.14. The van der Waals surface area contributed by atoms with Crippen LogP contribution in [0, 0.1) is 0 Å². The van der Waals surface area contributed by atoms with Gasteiger partial charge in [-0.25, -0.2) is 0 Å². The summed E-state index contributed by atoms with van der Waals surface area (Å²) in [6.45, 7) is 2.35. The Morgan fingerprint density at radius 2 is 1.48 bits per heavy atom. The van der Waals surface area contributed by atoms with Crippen molar-refractivity contribution in [1.29, 1.82) is 0 Å². The van der Waals surface area contributed by atoms with Gasteiger partial charge in [0.1, 0.15) is 5.75 Å². The summed E-state index contributed by atoms with van der Waals surface area (Å²) in [5.41, 5.74) is 1.05. The fourth-order valence-electron chi connectivity index (χ4n) is 2.30. The molecule has 0 bridgehead atoms. The SMILES string of the molecule is CC(Oc1ccc(Cl)cc1)C(=O)NCCNC(=O)CCc1ccc(Cl)cc1. The Balaban J connectivity index is 1.60. The molecule has 2 amide bonds. The Bertz CT molecular complexity index is 749. The van der Waals surface area contributed by atoms with Crippen LogP contribution in [0.3, 0.4) is 0 Å². The molecule has 2 N–H and O–H groups in total. The molecule has 0 saturated carbocycles. The lowest BCUT2D eigenvalue weighted by atomic mass is 10.1. The number of rotatable bonds is 9. The van der Waals surface area contributed by atoms with Gasteiger partial charge in [-0.2, -0.15) is 0 Å². The second kappa shape index (κ2) is 10.8. The van der Waals surface area contributed by atoms with Crippen molar-refractivity contribution in [3.05, 3.63) is 64.1 Å². The van der Waals surface area contributed by atoms with E-state index >= 15 is 0 Å². The number of amides is 2.